The van der Waals surface area contributed by atoms with Crippen molar-refractivity contribution >= 4 is 51.9 Å². The van der Waals surface area contributed by atoms with Crippen LogP contribution in [0.2, 0.25) is 5.02 Å². The summed E-state index contributed by atoms with van der Waals surface area (Å²) in [7, 11) is 0. The smallest absolute Gasteiger partial charge is 0.266 e. The van der Waals surface area contributed by atoms with Gasteiger partial charge in [0, 0.05) is 5.02 Å². The second-order valence-electron chi connectivity index (χ2n) is 5.48. The molecule has 2 heterocycles. The first-order valence-corrected chi connectivity index (χ1v) is 9.10. The zero-order valence-corrected chi connectivity index (χ0v) is 15.3. The minimum Gasteiger partial charge on any atom is -0.454 e. The van der Waals surface area contributed by atoms with Gasteiger partial charge in [-0.1, -0.05) is 59.8 Å². The first kappa shape index (κ1) is 16.4. The van der Waals surface area contributed by atoms with E-state index in [0.29, 0.717) is 32.3 Å². The number of hydrogen-bond donors (Lipinski definition) is 0. The van der Waals surface area contributed by atoms with E-state index >= 15 is 0 Å². The number of fused-ring (bicyclic) bond motifs is 1. The van der Waals surface area contributed by atoms with Gasteiger partial charge in [-0.15, -0.1) is 0 Å². The van der Waals surface area contributed by atoms with Crippen molar-refractivity contribution in [1.82, 2.24) is 4.90 Å². The van der Waals surface area contributed by atoms with Crippen molar-refractivity contribution in [3.63, 3.8) is 0 Å². The lowest BCUT2D eigenvalue weighted by atomic mass is 10.2. The molecular formula is C18H12ClNO3S2. The molecule has 2 aromatic carbocycles. The molecule has 1 amide bonds. The second-order valence-corrected chi connectivity index (χ2v) is 7.56. The van der Waals surface area contributed by atoms with Crippen LogP contribution < -0.4 is 9.47 Å². The predicted octanol–water partition coefficient (Wildman–Crippen LogP) is 4.47. The highest BCUT2D eigenvalue weighted by Crippen LogP contribution is 2.36. The summed E-state index contributed by atoms with van der Waals surface area (Å²) >= 11 is 12.8. The molecule has 0 spiro atoms. The van der Waals surface area contributed by atoms with Crippen molar-refractivity contribution in [2.45, 2.75) is 6.54 Å². The second kappa shape index (κ2) is 6.71. The summed E-state index contributed by atoms with van der Waals surface area (Å²) in [6, 6.07) is 13.0. The van der Waals surface area contributed by atoms with Crippen LogP contribution >= 0.6 is 35.6 Å². The van der Waals surface area contributed by atoms with E-state index in [9.17, 15) is 4.79 Å². The van der Waals surface area contributed by atoms with Crippen molar-refractivity contribution < 1.29 is 14.3 Å². The van der Waals surface area contributed by atoms with Gasteiger partial charge in [0.25, 0.3) is 5.91 Å². The van der Waals surface area contributed by atoms with E-state index in [1.54, 1.807) is 17.0 Å². The first-order chi connectivity index (χ1) is 12.1. The van der Waals surface area contributed by atoms with Crippen LogP contribution in [0.25, 0.3) is 6.08 Å². The van der Waals surface area contributed by atoms with E-state index in [1.165, 1.54) is 11.8 Å². The first-order valence-electron chi connectivity index (χ1n) is 7.50. The highest BCUT2D eigenvalue weighted by atomic mass is 35.5. The SMILES string of the molecule is O=C1/C(=C/c2ccccc2Cl)SC(=S)N1Cc1ccc2c(c1)OCO2. The third kappa shape index (κ3) is 3.25. The monoisotopic (exact) mass is 389 g/mol. The van der Waals surface area contributed by atoms with E-state index < -0.39 is 0 Å². The maximum atomic E-state index is 12.7. The number of hydrogen-bond acceptors (Lipinski definition) is 5. The third-order valence-electron chi connectivity index (χ3n) is 3.84. The lowest BCUT2D eigenvalue weighted by Crippen LogP contribution is -2.27. The van der Waals surface area contributed by atoms with Crippen LogP contribution in [0.5, 0.6) is 11.5 Å². The molecule has 0 atom stereocenters. The van der Waals surface area contributed by atoms with Gasteiger partial charge in [0.05, 0.1) is 11.4 Å². The summed E-state index contributed by atoms with van der Waals surface area (Å²) in [4.78, 5) is 14.9. The van der Waals surface area contributed by atoms with Gasteiger partial charge >= 0.3 is 0 Å². The summed E-state index contributed by atoms with van der Waals surface area (Å²) < 4.78 is 11.2. The fourth-order valence-electron chi connectivity index (χ4n) is 2.59. The van der Waals surface area contributed by atoms with Gasteiger partial charge in [-0.25, -0.2) is 0 Å². The summed E-state index contributed by atoms with van der Waals surface area (Å²) in [5.74, 6) is 1.29. The summed E-state index contributed by atoms with van der Waals surface area (Å²) in [5, 5.41) is 0.600. The number of thiocarbonyl (C=S) groups is 1. The predicted molar refractivity (Wildman–Crippen MR) is 103 cm³/mol. The van der Waals surface area contributed by atoms with Gasteiger partial charge in [0.1, 0.15) is 4.32 Å². The maximum absolute atomic E-state index is 12.7. The zero-order chi connectivity index (χ0) is 17.4. The Kier molecular flexibility index (Phi) is 4.41. The zero-order valence-electron chi connectivity index (χ0n) is 12.9. The molecule has 126 valence electrons. The quantitative estimate of drug-likeness (QED) is 0.572. The standard InChI is InChI=1S/C18H12ClNO3S2/c19-13-4-2-1-3-12(13)8-16-17(21)20(18(24)25-16)9-11-5-6-14-15(7-11)23-10-22-14/h1-8H,9-10H2/b16-8-. The Balaban J connectivity index is 1.56. The Bertz CT molecular complexity index is 913. The average molecular weight is 390 g/mol. The van der Waals surface area contributed by atoms with Crippen molar-refractivity contribution in [2.75, 3.05) is 6.79 Å². The van der Waals surface area contributed by atoms with Crippen LogP contribution in [0, 0.1) is 0 Å². The largest absolute Gasteiger partial charge is 0.454 e. The van der Waals surface area contributed by atoms with Gasteiger partial charge in [0.2, 0.25) is 6.79 Å². The number of benzene rings is 2. The summed E-state index contributed by atoms with van der Waals surface area (Å²) in [6.45, 7) is 0.613. The highest BCUT2D eigenvalue weighted by Gasteiger charge is 2.32. The van der Waals surface area contributed by atoms with Crippen LogP contribution in [0.3, 0.4) is 0 Å². The van der Waals surface area contributed by atoms with Gasteiger partial charge < -0.3 is 9.47 Å². The van der Waals surface area contributed by atoms with Gasteiger partial charge in [0.15, 0.2) is 11.5 Å². The normalized spacial score (nSPS) is 17.6. The number of halogens is 1. The topological polar surface area (TPSA) is 38.8 Å². The van der Waals surface area contributed by atoms with Gasteiger partial charge in [-0.2, -0.15) is 0 Å². The fraction of sp³-hybridized carbons (Fsp3) is 0.111. The molecule has 0 aliphatic carbocycles. The molecule has 2 aromatic rings. The summed E-state index contributed by atoms with van der Waals surface area (Å²) in [5.41, 5.74) is 1.73. The number of thioether (sulfide) groups is 1. The number of carbonyl (C=O) groups is 1. The number of rotatable bonds is 3. The van der Waals surface area contributed by atoms with Crippen molar-refractivity contribution in [1.29, 1.82) is 0 Å². The lowest BCUT2D eigenvalue weighted by Gasteiger charge is -2.14. The molecule has 7 heteroatoms. The molecular weight excluding hydrogens is 378 g/mol. The molecule has 1 saturated heterocycles. The molecule has 1 fully saturated rings. The van der Waals surface area contributed by atoms with E-state index in [4.69, 9.17) is 33.3 Å². The van der Waals surface area contributed by atoms with Crippen molar-refractivity contribution in [2.24, 2.45) is 0 Å². The Morgan fingerprint density at radius 2 is 2.00 bits per heavy atom. The number of ether oxygens (including phenoxy) is 2. The molecule has 0 N–H and O–H groups in total. The maximum Gasteiger partial charge on any atom is 0.266 e. The van der Waals surface area contributed by atoms with Gasteiger partial charge in [-0.05, 0) is 35.4 Å². The van der Waals surface area contributed by atoms with Crippen LogP contribution in [0.1, 0.15) is 11.1 Å². The number of amides is 1. The van der Waals surface area contributed by atoms with Gasteiger partial charge in [-0.3, -0.25) is 9.69 Å². The molecule has 0 saturated carbocycles. The lowest BCUT2D eigenvalue weighted by molar-refractivity contribution is -0.122. The molecule has 4 nitrogen and oxygen atoms in total. The number of carbonyl (C=O) groups excluding carboxylic acids is 1. The number of nitrogens with zero attached hydrogens (tertiary/aromatic N) is 1. The van der Waals surface area contributed by atoms with E-state index in [-0.39, 0.29) is 12.7 Å². The molecule has 4 rings (SSSR count). The Labute approximate surface area is 159 Å². The van der Waals surface area contributed by atoms with Crippen LogP contribution in [-0.4, -0.2) is 21.9 Å². The minimum absolute atomic E-state index is 0.118. The highest BCUT2D eigenvalue weighted by molar-refractivity contribution is 8.26. The van der Waals surface area contributed by atoms with E-state index in [1.807, 2.05) is 36.4 Å². The van der Waals surface area contributed by atoms with Crippen LogP contribution in [0.15, 0.2) is 47.4 Å². The van der Waals surface area contributed by atoms with E-state index in [2.05, 4.69) is 0 Å². The molecule has 25 heavy (non-hydrogen) atoms. The van der Waals surface area contributed by atoms with Crippen molar-refractivity contribution in [3.8, 4) is 11.5 Å². The summed E-state index contributed by atoms with van der Waals surface area (Å²) in [6.07, 6.45) is 1.78. The molecule has 2 aliphatic heterocycles. The fourth-order valence-corrected chi connectivity index (χ4v) is 4.03. The molecule has 0 unspecified atom stereocenters. The molecule has 0 bridgehead atoms. The average Bonchev–Trinajstić information content (AvgIpc) is 3.17. The third-order valence-corrected chi connectivity index (χ3v) is 5.57. The van der Waals surface area contributed by atoms with Crippen molar-refractivity contribution in [3.05, 3.63) is 63.5 Å². The molecule has 0 radical (unpaired) electrons. The van der Waals surface area contributed by atoms with E-state index in [0.717, 1.165) is 11.1 Å². The Hall–Kier alpha value is -2.02. The molecule has 2 aliphatic rings. The van der Waals surface area contributed by atoms with Crippen LogP contribution in [-0.2, 0) is 11.3 Å². The Morgan fingerprint density at radius 1 is 1.20 bits per heavy atom. The molecule has 0 aromatic heterocycles. The minimum atomic E-state index is -0.118. The van der Waals surface area contributed by atoms with Crippen LogP contribution in [0.4, 0.5) is 0 Å². The Morgan fingerprint density at radius 3 is 2.84 bits per heavy atom.